The van der Waals surface area contributed by atoms with E-state index in [9.17, 15) is 0 Å². The van der Waals surface area contributed by atoms with Gasteiger partial charge in [-0.2, -0.15) is 0 Å². The van der Waals surface area contributed by atoms with Crippen LogP contribution in [0.15, 0.2) is 0 Å². The van der Waals surface area contributed by atoms with E-state index in [1.54, 1.807) is 0 Å². The molecule has 0 saturated carbocycles. The minimum Gasteiger partial charge on any atom is 0 e. The first-order valence-corrected chi connectivity index (χ1v) is 3.89. The van der Waals surface area contributed by atoms with Gasteiger partial charge in [0, 0.05) is 44.8 Å². The molecule has 0 N–H and O–H groups in total. The van der Waals surface area contributed by atoms with Crippen LogP contribution in [-0.4, -0.2) is 12.1 Å². The third kappa shape index (κ3) is 299. The topological polar surface area (TPSA) is 68.4 Å². The third-order valence-electron chi connectivity index (χ3n) is 0.516. The Morgan fingerprint density at radius 2 is 0.722 bits per heavy atom. The molecule has 0 atom stereocenters. The van der Waals surface area contributed by atoms with E-state index in [0.29, 0.717) is 0 Å². The Morgan fingerprint density at radius 1 is 0.667 bits per heavy atom. The third-order valence-corrected chi connectivity index (χ3v) is 0.516. The first-order valence-electron chi connectivity index (χ1n) is 3.89. The molecule has 0 aromatic rings. The second-order valence-corrected chi connectivity index (χ2v) is 2.45. The van der Waals surface area contributed by atoms with E-state index in [0.717, 1.165) is 0 Å². The number of rotatable bonds is 0. The van der Waals surface area contributed by atoms with Crippen molar-refractivity contribution in [3.05, 3.63) is 42.8 Å². The van der Waals surface area contributed by atoms with Crippen LogP contribution in [0.1, 0.15) is 27.7 Å². The van der Waals surface area contributed by atoms with E-state index < -0.39 is 0 Å². The molecule has 0 saturated heterocycles. The summed E-state index contributed by atoms with van der Waals surface area (Å²) < 4.78 is 22.5. The van der Waals surface area contributed by atoms with Crippen molar-refractivity contribution < 1.29 is 31.0 Å². The van der Waals surface area contributed by atoms with E-state index in [1.165, 1.54) is 0 Å². The molecule has 1 radical (unpaired) electrons. The van der Waals surface area contributed by atoms with Gasteiger partial charge in [-0.25, -0.2) is 13.1 Å². The fourth-order valence-electron chi connectivity index (χ4n) is 0. The van der Waals surface area contributed by atoms with Crippen molar-refractivity contribution in [3.8, 4) is 0 Å². The average molecular weight is 358 g/mol. The number of halogens is 1. The van der Waals surface area contributed by atoms with Crippen molar-refractivity contribution in [2.75, 3.05) is 0 Å². The normalized spacial score (nSPS) is 4.56. The van der Waals surface area contributed by atoms with Crippen LogP contribution in [0.4, 0.5) is 0 Å². The molecule has 0 rings (SSSR count). The fraction of sp³-hybridized carbons (Fsp3) is 0.545. The standard InChI is InChI=1S/2C4H7N.3CO.BrH.Mn/c2*1-4(2)5-3;3*1-2;;/h2*4H,1-2H3;;;;1H;. The molecule has 0 aliphatic carbocycles. The molecule has 0 aromatic heterocycles. The van der Waals surface area contributed by atoms with Gasteiger partial charge in [-0.15, -0.1) is 17.0 Å². The predicted molar refractivity (Wildman–Crippen MR) is 65.6 cm³/mol. The Labute approximate surface area is 130 Å². The van der Waals surface area contributed by atoms with Gasteiger partial charge in [-0.3, -0.25) is 0 Å². The monoisotopic (exact) mass is 357 g/mol. The zero-order valence-corrected chi connectivity index (χ0v) is 13.5. The van der Waals surface area contributed by atoms with Crippen LogP contribution in [0.25, 0.3) is 9.69 Å². The summed E-state index contributed by atoms with van der Waals surface area (Å²) in [6.07, 6.45) is 0. The molecule has 0 aromatic carbocycles. The van der Waals surface area contributed by atoms with Crippen molar-refractivity contribution in [2.45, 2.75) is 39.8 Å². The molecule has 0 unspecified atom stereocenters. The van der Waals surface area contributed by atoms with Crippen LogP contribution in [0.5, 0.6) is 0 Å². The van der Waals surface area contributed by atoms with E-state index in [2.05, 4.69) is 29.6 Å². The minimum atomic E-state index is 0. The first-order chi connectivity index (χ1) is 7.54. The Bertz CT molecular complexity index is 217. The molecule has 0 aliphatic heterocycles. The maximum absolute atomic E-state index is 7.50. The smallest absolute Gasteiger partial charge is 0 e. The molecular weight excluding hydrogens is 343 g/mol. The van der Waals surface area contributed by atoms with Gasteiger partial charge in [-0.05, 0) is 0 Å². The zero-order valence-electron chi connectivity index (χ0n) is 10.6. The van der Waals surface area contributed by atoms with Gasteiger partial charge >= 0.3 is 33.9 Å². The quantitative estimate of drug-likeness (QED) is 0.363. The molecule has 0 fully saturated rings. The van der Waals surface area contributed by atoms with E-state index in [4.69, 9.17) is 27.1 Å². The Balaban J connectivity index is -0.0000000177. The maximum Gasteiger partial charge on any atom is 0 e. The maximum atomic E-state index is 7.50. The van der Waals surface area contributed by atoms with Crippen LogP contribution in [-0.2, 0) is 31.0 Å². The van der Waals surface area contributed by atoms with Gasteiger partial charge < -0.3 is 9.69 Å². The Hall–Kier alpha value is -0.801. The fourth-order valence-corrected chi connectivity index (χ4v) is 0. The molecule has 18 heavy (non-hydrogen) atoms. The van der Waals surface area contributed by atoms with Gasteiger partial charge in [0.25, 0.3) is 0 Å². The van der Waals surface area contributed by atoms with E-state index in [-0.39, 0.29) is 46.1 Å². The van der Waals surface area contributed by atoms with Crippen LogP contribution in [0.2, 0.25) is 0 Å². The molecule has 0 aliphatic rings. The van der Waals surface area contributed by atoms with Crippen LogP contribution in [0.3, 0.4) is 0 Å². The van der Waals surface area contributed by atoms with Crippen LogP contribution < -0.4 is 0 Å². The van der Waals surface area contributed by atoms with Crippen LogP contribution >= 0.6 is 17.0 Å². The average Bonchev–Trinajstić information content (AvgIpc) is 2.37. The van der Waals surface area contributed by atoms with Gasteiger partial charge in [0.15, 0.2) is 0 Å². The summed E-state index contributed by atoms with van der Waals surface area (Å²) >= 11 is 0. The molecule has 0 amide bonds. The Morgan fingerprint density at radius 3 is 0.722 bits per heavy atom. The van der Waals surface area contributed by atoms with Crippen LogP contribution in [0, 0.1) is 33.1 Å². The van der Waals surface area contributed by atoms with Crippen molar-refractivity contribution in [2.24, 2.45) is 0 Å². The number of nitrogens with zero attached hydrogens (tertiary/aromatic N) is 2. The van der Waals surface area contributed by atoms with Gasteiger partial charge in [0.1, 0.15) is 0 Å². The number of hydrogen-bond acceptors (Lipinski definition) is 0. The summed E-state index contributed by atoms with van der Waals surface area (Å²) in [7, 11) is 0. The summed E-state index contributed by atoms with van der Waals surface area (Å²) in [5.41, 5.74) is 0. The van der Waals surface area contributed by atoms with Crippen molar-refractivity contribution >= 4 is 17.0 Å². The SMILES string of the molecule is Br.[C-]#[N+]C(C)C.[C-]#[N+]C(C)C.[C-]#[O+].[C-]#[O+].[C-]#[O+].[Mn]. The summed E-state index contributed by atoms with van der Waals surface area (Å²) in [5, 5.41) is 0. The predicted octanol–water partition coefficient (Wildman–Crippen LogP) is 3.09. The zero-order chi connectivity index (χ0) is 14.6. The molecule has 0 bridgehead atoms. The molecule has 0 spiro atoms. The van der Waals surface area contributed by atoms with Crippen molar-refractivity contribution in [1.82, 2.24) is 0 Å². The summed E-state index contributed by atoms with van der Waals surface area (Å²) in [4.78, 5) is 6.28. The molecule has 101 valence electrons. The molecule has 7 heteroatoms. The van der Waals surface area contributed by atoms with E-state index in [1.807, 2.05) is 27.7 Å². The minimum absolute atomic E-state index is 0. The summed E-state index contributed by atoms with van der Waals surface area (Å²) in [5.74, 6) is 0. The van der Waals surface area contributed by atoms with Gasteiger partial charge in [0.05, 0.1) is 0 Å². The van der Waals surface area contributed by atoms with Gasteiger partial charge in [0.2, 0.25) is 12.1 Å². The summed E-state index contributed by atoms with van der Waals surface area (Å²) in [6.45, 7) is 33.5. The summed E-state index contributed by atoms with van der Waals surface area (Å²) in [6, 6.07) is 0.352. The molecule has 0 heterocycles. The second kappa shape index (κ2) is 72.2. The second-order valence-electron chi connectivity index (χ2n) is 2.45. The number of hydrogen-bond donors (Lipinski definition) is 0. The van der Waals surface area contributed by atoms with Crippen molar-refractivity contribution in [1.29, 1.82) is 0 Å². The largest absolute Gasteiger partial charge is 0 e. The molecule has 5 nitrogen and oxygen atoms in total. The molecular formula is C11H15BrMnN2O3. The first kappa shape index (κ1) is 43.4. The van der Waals surface area contributed by atoms with Gasteiger partial charge in [-0.1, -0.05) is 0 Å². The Kier molecular flexibility index (Phi) is 174. The van der Waals surface area contributed by atoms with E-state index >= 15 is 0 Å². The van der Waals surface area contributed by atoms with Crippen molar-refractivity contribution in [3.63, 3.8) is 0 Å².